The van der Waals surface area contributed by atoms with Crippen molar-refractivity contribution >= 4 is 0 Å². The monoisotopic (exact) mass is 404 g/mol. The molecule has 0 unspecified atom stereocenters. The molecule has 0 aromatic heterocycles. The van der Waals surface area contributed by atoms with E-state index in [-0.39, 0.29) is 5.41 Å². The molecule has 0 saturated heterocycles. The molecule has 1 aromatic rings. The fourth-order valence-electron chi connectivity index (χ4n) is 6.50. The molecule has 2 nitrogen and oxygen atoms in total. The average molecular weight is 405 g/mol. The lowest BCUT2D eigenvalue weighted by molar-refractivity contribution is 0.124. The summed E-state index contributed by atoms with van der Waals surface area (Å²) in [5.74, 6) is 1.59. The maximum atomic E-state index is 10.00. The van der Waals surface area contributed by atoms with Crippen LogP contribution in [0.2, 0.25) is 0 Å². The van der Waals surface area contributed by atoms with E-state index in [1.165, 1.54) is 102 Å². The minimum Gasteiger partial charge on any atom is -0.192 e. The fraction of sp³-hybridized carbons (Fsp3) is 0.714. The van der Waals surface area contributed by atoms with E-state index in [1.54, 1.807) is 0 Å². The Bertz CT molecular complexity index is 765. The van der Waals surface area contributed by atoms with Crippen LogP contribution in [0.1, 0.15) is 125 Å². The number of hydrogen-bond acceptors (Lipinski definition) is 2. The Balaban J connectivity index is 1.75. The van der Waals surface area contributed by atoms with Crippen molar-refractivity contribution in [3.8, 4) is 12.1 Å². The Morgan fingerprint density at radius 2 is 1.53 bits per heavy atom. The Morgan fingerprint density at radius 1 is 0.867 bits per heavy atom. The summed E-state index contributed by atoms with van der Waals surface area (Å²) in [6.07, 6.45) is 19.9. The number of unbranched alkanes of at least 4 members (excludes halogenated alkanes) is 4. The summed E-state index contributed by atoms with van der Waals surface area (Å²) in [5.41, 5.74) is 3.55. The van der Waals surface area contributed by atoms with Crippen LogP contribution in [0.4, 0.5) is 0 Å². The molecule has 0 amide bonds. The zero-order valence-corrected chi connectivity index (χ0v) is 19.3. The maximum Gasteiger partial charge on any atom is 0.101 e. The minimum absolute atomic E-state index is 0.120. The van der Waals surface area contributed by atoms with Gasteiger partial charge in [0.15, 0.2) is 0 Å². The Hall–Kier alpha value is -1.80. The zero-order chi connectivity index (χ0) is 21.4. The molecule has 2 saturated carbocycles. The van der Waals surface area contributed by atoms with Crippen molar-refractivity contribution < 1.29 is 0 Å². The summed E-state index contributed by atoms with van der Waals surface area (Å²) in [5, 5.41) is 19.7. The van der Waals surface area contributed by atoms with E-state index in [0.717, 1.165) is 11.5 Å². The molecule has 0 N–H and O–H groups in total. The van der Waals surface area contributed by atoms with Crippen molar-refractivity contribution in [1.29, 1.82) is 10.5 Å². The van der Waals surface area contributed by atoms with Gasteiger partial charge in [0.05, 0.1) is 11.1 Å². The normalized spacial score (nSPS) is 23.5. The van der Waals surface area contributed by atoms with Crippen LogP contribution < -0.4 is 0 Å². The van der Waals surface area contributed by atoms with Crippen LogP contribution in [-0.4, -0.2) is 0 Å². The van der Waals surface area contributed by atoms with E-state index in [0.29, 0.717) is 17.0 Å². The highest BCUT2D eigenvalue weighted by Crippen LogP contribution is 2.52. The van der Waals surface area contributed by atoms with Crippen LogP contribution in [0, 0.1) is 41.4 Å². The zero-order valence-electron chi connectivity index (χ0n) is 19.3. The highest BCUT2D eigenvalue weighted by atomic mass is 14.5. The molecule has 1 aromatic carbocycles. The number of aryl methyl sites for hydroxylation is 1. The Kier molecular flexibility index (Phi) is 8.39. The summed E-state index contributed by atoms with van der Waals surface area (Å²) in [6.45, 7) is 4.25. The second-order valence-electron chi connectivity index (χ2n) is 10.0. The Morgan fingerprint density at radius 3 is 2.17 bits per heavy atom. The van der Waals surface area contributed by atoms with Crippen molar-refractivity contribution in [2.45, 2.75) is 116 Å². The second-order valence-corrected chi connectivity index (χ2v) is 10.0. The van der Waals surface area contributed by atoms with Gasteiger partial charge in [-0.2, -0.15) is 10.5 Å². The second kappa shape index (κ2) is 11.0. The molecule has 0 aliphatic heterocycles. The number of benzene rings is 1. The molecule has 2 heteroatoms. The first-order valence-corrected chi connectivity index (χ1v) is 12.6. The number of nitrogens with zero attached hydrogens (tertiary/aromatic N) is 2. The van der Waals surface area contributed by atoms with E-state index in [4.69, 9.17) is 0 Å². The molecule has 0 bridgehead atoms. The van der Waals surface area contributed by atoms with Crippen molar-refractivity contribution in [3.63, 3.8) is 0 Å². The number of hydrogen-bond donors (Lipinski definition) is 0. The van der Waals surface area contributed by atoms with E-state index in [1.807, 2.05) is 6.92 Å². The predicted molar refractivity (Wildman–Crippen MR) is 124 cm³/mol. The molecule has 0 heterocycles. The van der Waals surface area contributed by atoms with Crippen LogP contribution in [0.15, 0.2) is 12.1 Å². The SMILES string of the molecule is CCCCCCC[C@H]1CC[C@H](C2(c3ccc(C)c(C#N)c3C#N)CCCCC2)CC1. The summed E-state index contributed by atoms with van der Waals surface area (Å²) < 4.78 is 0. The van der Waals surface area contributed by atoms with Gasteiger partial charge in [0.2, 0.25) is 0 Å². The molecular formula is C28H40N2. The summed E-state index contributed by atoms with van der Waals surface area (Å²) in [7, 11) is 0. The third kappa shape index (κ3) is 4.91. The highest BCUT2D eigenvalue weighted by Gasteiger charge is 2.44. The summed E-state index contributed by atoms with van der Waals surface area (Å²) in [6, 6.07) is 9.08. The quantitative estimate of drug-likeness (QED) is 0.411. The van der Waals surface area contributed by atoms with Crippen molar-refractivity contribution in [2.24, 2.45) is 11.8 Å². The molecule has 30 heavy (non-hydrogen) atoms. The third-order valence-corrected chi connectivity index (χ3v) is 8.26. The molecule has 2 fully saturated rings. The van der Waals surface area contributed by atoms with Gasteiger partial charge in [0, 0.05) is 0 Å². The lowest BCUT2D eigenvalue weighted by atomic mass is 9.56. The Labute approximate surface area is 184 Å². The van der Waals surface area contributed by atoms with Gasteiger partial charge in [-0.3, -0.25) is 0 Å². The van der Waals surface area contributed by atoms with E-state index in [9.17, 15) is 10.5 Å². The van der Waals surface area contributed by atoms with Crippen molar-refractivity contribution in [1.82, 2.24) is 0 Å². The van der Waals surface area contributed by atoms with Crippen LogP contribution in [0.3, 0.4) is 0 Å². The maximum absolute atomic E-state index is 10.00. The van der Waals surface area contributed by atoms with Gasteiger partial charge in [0.25, 0.3) is 0 Å². The topological polar surface area (TPSA) is 47.6 Å². The van der Waals surface area contributed by atoms with Gasteiger partial charge in [-0.15, -0.1) is 0 Å². The lowest BCUT2D eigenvalue weighted by Crippen LogP contribution is -2.40. The van der Waals surface area contributed by atoms with Gasteiger partial charge in [0.1, 0.15) is 12.1 Å². The van der Waals surface area contributed by atoms with Gasteiger partial charge in [-0.05, 0) is 61.0 Å². The van der Waals surface area contributed by atoms with Crippen LogP contribution in [0.25, 0.3) is 0 Å². The van der Waals surface area contributed by atoms with Crippen LogP contribution >= 0.6 is 0 Å². The number of nitriles is 2. The molecule has 162 valence electrons. The lowest BCUT2D eigenvalue weighted by Gasteiger charge is -2.47. The first-order valence-electron chi connectivity index (χ1n) is 12.6. The molecule has 2 aliphatic rings. The third-order valence-electron chi connectivity index (χ3n) is 8.26. The predicted octanol–water partition coefficient (Wildman–Crippen LogP) is 8.11. The van der Waals surface area contributed by atoms with E-state index < -0.39 is 0 Å². The molecule has 0 spiro atoms. The average Bonchev–Trinajstić information content (AvgIpc) is 2.79. The van der Waals surface area contributed by atoms with Crippen LogP contribution in [0.5, 0.6) is 0 Å². The smallest absolute Gasteiger partial charge is 0.101 e. The summed E-state index contributed by atoms with van der Waals surface area (Å²) >= 11 is 0. The van der Waals surface area contributed by atoms with Crippen molar-refractivity contribution in [2.75, 3.05) is 0 Å². The largest absolute Gasteiger partial charge is 0.192 e. The van der Waals surface area contributed by atoms with Gasteiger partial charge < -0.3 is 0 Å². The fourth-order valence-corrected chi connectivity index (χ4v) is 6.50. The van der Waals surface area contributed by atoms with Crippen molar-refractivity contribution in [3.05, 3.63) is 34.4 Å². The van der Waals surface area contributed by atoms with E-state index >= 15 is 0 Å². The molecule has 0 radical (unpaired) electrons. The first kappa shape index (κ1) is 22.9. The minimum atomic E-state index is 0.120. The van der Waals surface area contributed by atoms with Gasteiger partial charge in [-0.25, -0.2) is 0 Å². The van der Waals surface area contributed by atoms with Gasteiger partial charge >= 0.3 is 0 Å². The molecule has 0 atom stereocenters. The van der Waals surface area contributed by atoms with Gasteiger partial charge in [-0.1, -0.05) is 89.7 Å². The van der Waals surface area contributed by atoms with E-state index in [2.05, 4.69) is 31.2 Å². The standard InChI is InChI=1S/C28H40N2/c1-3-4-5-6-8-11-23-13-15-24(16-14-23)28(18-9-7-10-19-28)27-17-12-22(2)25(20-29)26(27)21-30/h12,17,23-24H,3-11,13-16,18-19H2,1-2H3/t23-,24-. The van der Waals surface area contributed by atoms with Crippen LogP contribution in [-0.2, 0) is 5.41 Å². The molecule has 3 rings (SSSR count). The molecule has 2 aliphatic carbocycles. The molecular weight excluding hydrogens is 364 g/mol. The number of rotatable bonds is 8. The summed E-state index contributed by atoms with van der Waals surface area (Å²) in [4.78, 5) is 0. The first-order chi connectivity index (χ1) is 14.7. The highest BCUT2D eigenvalue weighted by molar-refractivity contribution is 5.56.